The number of nitriles is 1. The molecule has 1 aromatic heterocycles. The highest BCUT2D eigenvalue weighted by Crippen LogP contribution is 2.23. The van der Waals surface area contributed by atoms with Gasteiger partial charge in [-0.15, -0.1) is 5.10 Å². The number of rotatable bonds is 2. The summed E-state index contributed by atoms with van der Waals surface area (Å²) in [4.78, 5) is 2.00. The molecular weight excluding hydrogens is 212 g/mol. The Labute approximate surface area is 103 Å². The van der Waals surface area contributed by atoms with E-state index in [1.54, 1.807) is 0 Å². The van der Waals surface area contributed by atoms with Crippen molar-refractivity contribution in [3.05, 3.63) is 16.8 Å². The summed E-state index contributed by atoms with van der Waals surface area (Å²) in [6.45, 7) is 11.1. The largest absolute Gasteiger partial charge is 0.357 e. The van der Waals surface area contributed by atoms with E-state index in [4.69, 9.17) is 0 Å². The van der Waals surface area contributed by atoms with Gasteiger partial charge in [-0.05, 0) is 24.8 Å². The Hall–Kier alpha value is -1.63. The van der Waals surface area contributed by atoms with Crippen LogP contribution in [0.5, 0.6) is 0 Å². The molecule has 0 aliphatic carbocycles. The summed E-state index contributed by atoms with van der Waals surface area (Å²) in [6.07, 6.45) is 0. The summed E-state index contributed by atoms with van der Waals surface area (Å²) in [5.74, 6) is 0.672. The van der Waals surface area contributed by atoms with Gasteiger partial charge >= 0.3 is 0 Å². The Bertz CT molecular complexity index is 452. The molecule has 0 aliphatic heterocycles. The zero-order chi connectivity index (χ0) is 13.2. The number of aromatic nitrogens is 2. The second kappa shape index (κ2) is 4.70. The molecule has 0 aliphatic rings. The molecule has 0 saturated carbocycles. The quantitative estimate of drug-likeness (QED) is 0.786. The molecule has 0 bridgehead atoms. The van der Waals surface area contributed by atoms with Crippen LogP contribution >= 0.6 is 0 Å². The standard InChI is InChI=1S/C13H20N4/c1-9-10(2)15-16-12(11(9)7-14)17(6)8-13(3,4)5/h8H2,1-6H3. The van der Waals surface area contributed by atoms with Gasteiger partial charge in [-0.1, -0.05) is 20.8 Å². The summed E-state index contributed by atoms with van der Waals surface area (Å²) in [7, 11) is 1.95. The topological polar surface area (TPSA) is 52.8 Å². The first kappa shape index (κ1) is 13.4. The Kier molecular flexibility index (Phi) is 3.72. The Morgan fingerprint density at radius 1 is 1.24 bits per heavy atom. The molecule has 0 radical (unpaired) electrons. The lowest BCUT2D eigenvalue weighted by Crippen LogP contribution is -2.30. The molecule has 0 fully saturated rings. The maximum atomic E-state index is 9.23. The van der Waals surface area contributed by atoms with Gasteiger partial charge in [0.25, 0.3) is 0 Å². The van der Waals surface area contributed by atoms with Gasteiger partial charge in [0.2, 0.25) is 0 Å². The molecule has 0 amide bonds. The van der Waals surface area contributed by atoms with Crippen LogP contribution in [0.15, 0.2) is 0 Å². The fourth-order valence-corrected chi connectivity index (χ4v) is 1.78. The molecule has 17 heavy (non-hydrogen) atoms. The molecular formula is C13H20N4. The predicted octanol–water partition coefficient (Wildman–Crippen LogP) is 2.45. The first-order valence-corrected chi connectivity index (χ1v) is 5.71. The second-order valence-electron chi connectivity index (χ2n) is 5.64. The average Bonchev–Trinajstić information content (AvgIpc) is 2.19. The fraction of sp³-hybridized carbons (Fsp3) is 0.615. The van der Waals surface area contributed by atoms with Gasteiger partial charge < -0.3 is 4.90 Å². The molecule has 0 spiro atoms. The highest BCUT2D eigenvalue weighted by atomic mass is 15.3. The highest BCUT2D eigenvalue weighted by molar-refractivity contribution is 5.57. The van der Waals surface area contributed by atoms with Crippen LogP contribution in [0.25, 0.3) is 0 Å². The number of hydrogen-bond donors (Lipinski definition) is 0. The maximum absolute atomic E-state index is 9.23. The van der Waals surface area contributed by atoms with Crippen molar-refractivity contribution in [1.29, 1.82) is 5.26 Å². The fourth-order valence-electron chi connectivity index (χ4n) is 1.78. The number of aryl methyl sites for hydroxylation is 1. The maximum Gasteiger partial charge on any atom is 0.169 e. The van der Waals surface area contributed by atoms with E-state index in [2.05, 4.69) is 37.0 Å². The van der Waals surface area contributed by atoms with Crippen LogP contribution in [0.4, 0.5) is 5.82 Å². The van der Waals surface area contributed by atoms with Crippen molar-refractivity contribution in [2.45, 2.75) is 34.6 Å². The minimum Gasteiger partial charge on any atom is -0.357 e. The van der Waals surface area contributed by atoms with Gasteiger partial charge in [0.1, 0.15) is 11.6 Å². The van der Waals surface area contributed by atoms with Crippen molar-refractivity contribution in [2.75, 3.05) is 18.5 Å². The van der Waals surface area contributed by atoms with E-state index in [9.17, 15) is 5.26 Å². The van der Waals surface area contributed by atoms with E-state index < -0.39 is 0 Å². The van der Waals surface area contributed by atoms with Gasteiger partial charge in [-0.2, -0.15) is 10.4 Å². The van der Waals surface area contributed by atoms with Crippen LogP contribution in [0.2, 0.25) is 0 Å². The molecule has 4 nitrogen and oxygen atoms in total. The molecule has 0 N–H and O–H groups in total. The lowest BCUT2D eigenvalue weighted by atomic mass is 9.96. The SMILES string of the molecule is Cc1nnc(N(C)CC(C)(C)C)c(C#N)c1C. The monoisotopic (exact) mass is 232 g/mol. The smallest absolute Gasteiger partial charge is 0.169 e. The number of anilines is 1. The summed E-state index contributed by atoms with van der Waals surface area (Å²) in [6, 6.07) is 2.23. The van der Waals surface area contributed by atoms with Gasteiger partial charge in [0, 0.05) is 13.6 Å². The lowest BCUT2D eigenvalue weighted by Gasteiger charge is -2.28. The van der Waals surface area contributed by atoms with Crippen LogP contribution in [0, 0.1) is 30.6 Å². The van der Waals surface area contributed by atoms with Crippen LogP contribution in [0.1, 0.15) is 37.6 Å². The van der Waals surface area contributed by atoms with Crippen molar-refractivity contribution >= 4 is 5.82 Å². The van der Waals surface area contributed by atoms with E-state index in [1.807, 2.05) is 25.8 Å². The third-order valence-electron chi connectivity index (χ3n) is 2.62. The van der Waals surface area contributed by atoms with E-state index >= 15 is 0 Å². The van der Waals surface area contributed by atoms with E-state index in [0.717, 1.165) is 17.8 Å². The van der Waals surface area contributed by atoms with Gasteiger partial charge in [0.05, 0.1) is 5.69 Å². The lowest BCUT2D eigenvalue weighted by molar-refractivity contribution is 0.417. The minimum absolute atomic E-state index is 0.155. The molecule has 0 atom stereocenters. The molecule has 92 valence electrons. The third-order valence-corrected chi connectivity index (χ3v) is 2.62. The van der Waals surface area contributed by atoms with Crippen molar-refractivity contribution in [2.24, 2.45) is 5.41 Å². The first-order chi connectivity index (χ1) is 7.76. The zero-order valence-electron chi connectivity index (χ0n) is 11.5. The number of nitrogens with zero attached hydrogens (tertiary/aromatic N) is 4. The predicted molar refractivity (Wildman–Crippen MR) is 68.9 cm³/mol. The van der Waals surface area contributed by atoms with Crippen LogP contribution in [0.3, 0.4) is 0 Å². The molecule has 0 saturated heterocycles. The van der Waals surface area contributed by atoms with Crippen LogP contribution in [-0.2, 0) is 0 Å². The summed E-state index contributed by atoms with van der Waals surface area (Å²) < 4.78 is 0. The van der Waals surface area contributed by atoms with Crippen molar-refractivity contribution in [3.8, 4) is 6.07 Å². The molecule has 1 aromatic rings. The first-order valence-electron chi connectivity index (χ1n) is 5.71. The second-order valence-corrected chi connectivity index (χ2v) is 5.64. The Morgan fingerprint density at radius 3 is 2.29 bits per heavy atom. The minimum atomic E-state index is 0.155. The molecule has 1 heterocycles. The normalized spacial score (nSPS) is 11.1. The van der Waals surface area contributed by atoms with E-state index in [0.29, 0.717) is 11.4 Å². The average molecular weight is 232 g/mol. The molecule has 4 heteroatoms. The van der Waals surface area contributed by atoms with Crippen molar-refractivity contribution in [3.63, 3.8) is 0 Å². The Morgan fingerprint density at radius 2 is 1.82 bits per heavy atom. The highest BCUT2D eigenvalue weighted by Gasteiger charge is 2.19. The summed E-state index contributed by atoms with van der Waals surface area (Å²) in [5, 5.41) is 17.5. The summed E-state index contributed by atoms with van der Waals surface area (Å²) >= 11 is 0. The van der Waals surface area contributed by atoms with Crippen LogP contribution < -0.4 is 4.90 Å². The van der Waals surface area contributed by atoms with Gasteiger partial charge in [-0.25, -0.2) is 0 Å². The van der Waals surface area contributed by atoms with Gasteiger partial charge in [-0.3, -0.25) is 0 Å². The van der Waals surface area contributed by atoms with E-state index in [-0.39, 0.29) is 5.41 Å². The van der Waals surface area contributed by atoms with Crippen molar-refractivity contribution in [1.82, 2.24) is 10.2 Å². The Balaban J connectivity index is 3.15. The molecule has 1 rings (SSSR count). The van der Waals surface area contributed by atoms with Crippen molar-refractivity contribution < 1.29 is 0 Å². The molecule has 0 aromatic carbocycles. The van der Waals surface area contributed by atoms with Gasteiger partial charge in [0.15, 0.2) is 5.82 Å². The number of hydrogen-bond acceptors (Lipinski definition) is 4. The molecule has 0 unspecified atom stereocenters. The van der Waals surface area contributed by atoms with Crippen LogP contribution in [-0.4, -0.2) is 23.8 Å². The van der Waals surface area contributed by atoms with E-state index in [1.165, 1.54) is 0 Å². The zero-order valence-corrected chi connectivity index (χ0v) is 11.5. The third kappa shape index (κ3) is 3.16. The summed E-state index contributed by atoms with van der Waals surface area (Å²) in [5.41, 5.74) is 2.51.